The Balaban J connectivity index is 1.87. The zero-order valence-corrected chi connectivity index (χ0v) is 11.1. The van der Waals surface area contributed by atoms with Crippen LogP contribution in [0, 0.1) is 0 Å². The molecule has 0 unspecified atom stereocenters. The summed E-state index contributed by atoms with van der Waals surface area (Å²) in [6.45, 7) is 1.28. The monoisotopic (exact) mass is 268 g/mol. The molecule has 2 aromatic rings. The zero-order valence-electron chi connectivity index (χ0n) is 11.1. The van der Waals surface area contributed by atoms with Crippen molar-refractivity contribution in [3.63, 3.8) is 0 Å². The number of carboxylic acids is 1. The predicted molar refractivity (Wildman–Crippen MR) is 75.1 cm³/mol. The standard InChI is InChI=1S/C16H16N2O2/c19-16(20)15-8-13-5-1-2-6-14(13)11-18(15)10-12-4-3-7-17-9-12/h1-7,9,15H,8,10-11H2,(H,19,20)/t15-/m0/s1. The van der Waals surface area contributed by atoms with Gasteiger partial charge in [-0.2, -0.15) is 0 Å². The van der Waals surface area contributed by atoms with Gasteiger partial charge in [-0.3, -0.25) is 14.7 Å². The largest absolute Gasteiger partial charge is 0.480 e. The Hall–Kier alpha value is -2.20. The maximum atomic E-state index is 11.5. The summed E-state index contributed by atoms with van der Waals surface area (Å²) in [4.78, 5) is 17.6. The average molecular weight is 268 g/mol. The number of rotatable bonds is 3. The average Bonchev–Trinajstić information content (AvgIpc) is 2.47. The number of aromatic nitrogens is 1. The SMILES string of the molecule is O=C(O)[C@@H]1Cc2ccccc2CN1Cc1cccnc1. The Morgan fingerprint density at radius 3 is 2.75 bits per heavy atom. The van der Waals surface area contributed by atoms with Crippen LogP contribution in [0.25, 0.3) is 0 Å². The van der Waals surface area contributed by atoms with Crippen LogP contribution in [0.4, 0.5) is 0 Å². The Morgan fingerprint density at radius 1 is 1.25 bits per heavy atom. The molecule has 102 valence electrons. The summed E-state index contributed by atoms with van der Waals surface area (Å²) in [7, 11) is 0. The second kappa shape index (κ2) is 5.43. The number of hydrogen-bond acceptors (Lipinski definition) is 3. The van der Waals surface area contributed by atoms with Gasteiger partial charge in [-0.05, 0) is 29.2 Å². The minimum atomic E-state index is -0.761. The summed E-state index contributed by atoms with van der Waals surface area (Å²) in [6, 6.07) is 11.5. The Bertz CT molecular complexity index is 613. The smallest absolute Gasteiger partial charge is 0.321 e. The molecule has 2 heterocycles. The first-order valence-electron chi connectivity index (χ1n) is 6.66. The van der Waals surface area contributed by atoms with E-state index in [1.165, 1.54) is 5.56 Å². The van der Waals surface area contributed by atoms with Gasteiger partial charge < -0.3 is 5.11 Å². The molecule has 0 fully saturated rings. The van der Waals surface area contributed by atoms with Gasteiger partial charge in [0.1, 0.15) is 6.04 Å². The first kappa shape index (κ1) is 12.8. The molecule has 0 saturated carbocycles. The van der Waals surface area contributed by atoms with Crippen molar-refractivity contribution >= 4 is 5.97 Å². The maximum absolute atomic E-state index is 11.5. The number of hydrogen-bond donors (Lipinski definition) is 1. The van der Waals surface area contributed by atoms with E-state index >= 15 is 0 Å². The number of aliphatic carboxylic acids is 1. The number of carbonyl (C=O) groups is 1. The highest BCUT2D eigenvalue weighted by molar-refractivity contribution is 5.74. The van der Waals surface area contributed by atoms with E-state index in [1.54, 1.807) is 12.4 Å². The summed E-state index contributed by atoms with van der Waals surface area (Å²) < 4.78 is 0. The molecule has 1 aromatic heterocycles. The van der Waals surface area contributed by atoms with Crippen LogP contribution in [0.15, 0.2) is 48.8 Å². The molecule has 0 aliphatic carbocycles. The van der Waals surface area contributed by atoms with Crippen LogP contribution in [-0.2, 0) is 24.3 Å². The molecule has 0 radical (unpaired) electrons. The van der Waals surface area contributed by atoms with Crippen LogP contribution < -0.4 is 0 Å². The maximum Gasteiger partial charge on any atom is 0.321 e. The lowest BCUT2D eigenvalue weighted by molar-refractivity contribution is -0.144. The second-order valence-electron chi connectivity index (χ2n) is 5.09. The van der Waals surface area contributed by atoms with Gasteiger partial charge in [-0.25, -0.2) is 0 Å². The van der Waals surface area contributed by atoms with Gasteiger partial charge in [-0.1, -0.05) is 30.3 Å². The fourth-order valence-electron chi connectivity index (χ4n) is 2.71. The molecule has 1 aromatic carbocycles. The summed E-state index contributed by atoms with van der Waals surface area (Å²) >= 11 is 0. The molecule has 0 spiro atoms. The van der Waals surface area contributed by atoms with Gasteiger partial charge in [0.15, 0.2) is 0 Å². The van der Waals surface area contributed by atoms with Crippen molar-refractivity contribution < 1.29 is 9.90 Å². The van der Waals surface area contributed by atoms with Crippen molar-refractivity contribution in [1.29, 1.82) is 0 Å². The van der Waals surface area contributed by atoms with Crippen LogP contribution in [0.3, 0.4) is 0 Å². The molecule has 20 heavy (non-hydrogen) atoms. The fourth-order valence-corrected chi connectivity index (χ4v) is 2.71. The van der Waals surface area contributed by atoms with Gasteiger partial charge in [0.05, 0.1) is 0 Å². The molecular formula is C16H16N2O2. The van der Waals surface area contributed by atoms with Gasteiger partial charge in [0.2, 0.25) is 0 Å². The molecule has 4 heteroatoms. The minimum Gasteiger partial charge on any atom is -0.480 e. The molecule has 3 rings (SSSR count). The lowest BCUT2D eigenvalue weighted by Gasteiger charge is -2.34. The summed E-state index contributed by atoms with van der Waals surface area (Å²) in [5.41, 5.74) is 3.40. The number of pyridine rings is 1. The normalized spacial score (nSPS) is 18.5. The number of nitrogens with zero attached hydrogens (tertiary/aromatic N) is 2. The van der Waals surface area contributed by atoms with Crippen LogP contribution in [0.5, 0.6) is 0 Å². The molecule has 1 atom stereocenters. The topological polar surface area (TPSA) is 53.4 Å². The molecule has 0 bridgehead atoms. The molecule has 4 nitrogen and oxygen atoms in total. The van der Waals surface area contributed by atoms with Crippen molar-refractivity contribution in [2.24, 2.45) is 0 Å². The highest BCUT2D eigenvalue weighted by Crippen LogP contribution is 2.24. The van der Waals surface area contributed by atoms with Gasteiger partial charge in [0, 0.05) is 25.5 Å². The summed E-state index contributed by atoms with van der Waals surface area (Å²) in [6.07, 6.45) is 4.08. The third-order valence-corrected chi connectivity index (χ3v) is 3.74. The van der Waals surface area contributed by atoms with Crippen LogP contribution in [-0.4, -0.2) is 27.0 Å². The van der Waals surface area contributed by atoms with Crippen molar-refractivity contribution in [3.8, 4) is 0 Å². The quantitative estimate of drug-likeness (QED) is 0.926. The van der Waals surface area contributed by atoms with Gasteiger partial charge >= 0.3 is 5.97 Å². The molecule has 0 amide bonds. The van der Waals surface area contributed by atoms with Crippen molar-refractivity contribution in [1.82, 2.24) is 9.88 Å². The van der Waals surface area contributed by atoms with E-state index in [-0.39, 0.29) is 0 Å². The van der Waals surface area contributed by atoms with E-state index < -0.39 is 12.0 Å². The van der Waals surface area contributed by atoms with E-state index in [4.69, 9.17) is 0 Å². The first-order chi connectivity index (χ1) is 9.74. The molecule has 0 saturated heterocycles. The Morgan fingerprint density at radius 2 is 2.05 bits per heavy atom. The van der Waals surface area contributed by atoms with Gasteiger partial charge in [0.25, 0.3) is 0 Å². The number of fused-ring (bicyclic) bond motifs is 1. The summed E-state index contributed by atoms with van der Waals surface area (Å²) in [5.74, 6) is -0.761. The molecule has 1 aliphatic rings. The van der Waals surface area contributed by atoms with E-state index in [9.17, 15) is 9.90 Å². The lowest BCUT2D eigenvalue weighted by Crippen LogP contribution is -2.45. The highest BCUT2D eigenvalue weighted by atomic mass is 16.4. The van der Waals surface area contributed by atoms with Crippen LogP contribution >= 0.6 is 0 Å². The third-order valence-electron chi connectivity index (χ3n) is 3.74. The first-order valence-corrected chi connectivity index (χ1v) is 6.66. The predicted octanol–water partition coefficient (Wildman–Crippen LogP) is 2.09. The minimum absolute atomic E-state index is 0.467. The van der Waals surface area contributed by atoms with Crippen LogP contribution in [0.2, 0.25) is 0 Å². The lowest BCUT2D eigenvalue weighted by atomic mass is 9.93. The zero-order chi connectivity index (χ0) is 13.9. The number of carboxylic acid groups (broad SMARTS) is 1. The van der Waals surface area contributed by atoms with E-state index in [2.05, 4.69) is 11.1 Å². The fraction of sp³-hybridized carbons (Fsp3) is 0.250. The van der Waals surface area contributed by atoms with E-state index in [0.717, 1.165) is 11.1 Å². The number of benzene rings is 1. The van der Waals surface area contributed by atoms with Crippen molar-refractivity contribution in [3.05, 3.63) is 65.5 Å². The van der Waals surface area contributed by atoms with Crippen LogP contribution in [0.1, 0.15) is 16.7 Å². The van der Waals surface area contributed by atoms with Crippen molar-refractivity contribution in [2.75, 3.05) is 0 Å². The third kappa shape index (κ3) is 2.56. The summed E-state index contributed by atoms with van der Waals surface area (Å²) in [5, 5.41) is 9.45. The Labute approximate surface area is 117 Å². The van der Waals surface area contributed by atoms with Crippen molar-refractivity contribution in [2.45, 2.75) is 25.6 Å². The second-order valence-corrected chi connectivity index (χ2v) is 5.09. The highest BCUT2D eigenvalue weighted by Gasteiger charge is 2.31. The molecule has 1 aliphatic heterocycles. The molecular weight excluding hydrogens is 252 g/mol. The van der Waals surface area contributed by atoms with E-state index in [1.807, 2.05) is 35.2 Å². The Kier molecular flexibility index (Phi) is 3.48. The van der Waals surface area contributed by atoms with Gasteiger partial charge in [-0.15, -0.1) is 0 Å². The van der Waals surface area contributed by atoms with E-state index in [0.29, 0.717) is 19.5 Å². The molecule has 1 N–H and O–H groups in total.